The fraction of sp³-hybridized carbons (Fsp3) is 0.417. The van der Waals surface area contributed by atoms with Crippen molar-refractivity contribution in [2.24, 2.45) is 0 Å². The van der Waals surface area contributed by atoms with Crippen LogP contribution in [0.25, 0.3) is 0 Å². The molecule has 4 rings (SSSR count). The van der Waals surface area contributed by atoms with E-state index in [2.05, 4.69) is 30.2 Å². The third kappa shape index (κ3) is 7.04. The van der Waals surface area contributed by atoms with Gasteiger partial charge in [-0.3, -0.25) is 14.5 Å². The first-order valence-corrected chi connectivity index (χ1v) is 13.7. The first kappa shape index (κ1) is 30.1. The zero-order chi connectivity index (χ0) is 29.0. The maximum absolute atomic E-state index is 13.1. The Morgan fingerprint density at radius 1 is 1.12 bits per heavy atom. The minimum absolute atomic E-state index is 0.00268. The van der Waals surface area contributed by atoms with Crippen molar-refractivity contribution < 1.29 is 27.9 Å². The molecule has 3 aromatic heterocycles. The van der Waals surface area contributed by atoms with Crippen LogP contribution in [0.15, 0.2) is 24.8 Å². The molecule has 1 aliphatic heterocycles. The van der Waals surface area contributed by atoms with Crippen molar-refractivity contribution in [2.45, 2.75) is 25.4 Å². The van der Waals surface area contributed by atoms with Gasteiger partial charge in [-0.25, -0.2) is 19.9 Å². The van der Waals surface area contributed by atoms with Gasteiger partial charge < -0.3 is 15.3 Å². The number of hydrogen-bond donors (Lipinski definition) is 2. The topological polar surface area (TPSA) is 124 Å². The summed E-state index contributed by atoms with van der Waals surface area (Å²) in [7, 11) is 0. The molecule has 1 unspecified atom stereocenters. The number of thiazole rings is 1. The van der Waals surface area contributed by atoms with Gasteiger partial charge in [-0.15, -0.1) is 11.3 Å². The first-order chi connectivity index (χ1) is 19.0. The maximum Gasteiger partial charge on any atom is 0.418 e. The largest absolute Gasteiger partial charge is 0.418 e. The number of amides is 1. The summed E-state index contributed by atoms with van der Waals surface area (Å²) in [5.74, 6) is -1.28. The number of halogens is 5. The fourth-order valence-corrected chi connectivity index (χ4v) is 5.48. The van der Waals surface area contributed by atoms with E-state index in [0.717, 1.165) is 30.6 Å². The highest BCUT2D eigenvalue weighted by molar-refractivity contribution is 7.13. The monoisotopic (exact) mass is 617 g/mol. The molecular weight excluding hydrogens is 594 g/mol. The number of nitrogens with zero attached hydrogens (tertiary/aromatic N) is 6. The van der Waals surface area contributed by atoms with Crippen LogP contribution in [0.4, 0.5) is 24.8 Å². The summed E-state index contributed by atoms with van der Waals surface area (Å²) in [4.78, 5) is 46.2. The Kier molecular flexibility index (Phi) is 9.56. The molecule has 1 fully saturated rings. The third-order valence-corrected chi connectivity index (χ3v) is 8.06. The predicted molar refractivity (Wildman–Crippen MR) is 144 cm³/mol. The van der Waals surface area contributed by atoms with E-state index in [1.165, 1.54) is 12.5 Å². The molecule has 1 amide bonds. The molecule has 4 heterocycles. The molecule has 0 aromatic carbocycles. The third-order valence-electron chi connectivity index (χ3n) is 6.19. The van der Waals surface area contributed by atoms with Gasteiger partial charge in [0.2, 0.25) is 0 Å². The van der Waals surface area contributed by atoms with Crippen LogP contribution in [0.1, 0.15) is 50.0 Å². The van der Waals surface area contributed by atoms with Crippen LogP contribution in [-0.2, 0) is 6.18 Å². The van der Waals surface area contributed by atoms with Crippen LogP contribution >= 0.6 is 34.5 Å². The second-order valence-corrected chi connectivity index (χ2v) is 10.9. The van der Waals surface area contributed by atoms with E-state index in [1.807, 2.05) is 4.90 Å². The Morgan fingerprint density at radius 2 is 1.85 bits per heavy atom. The lowest BCUT2D eigenvalue weighted by Gasteiger charge is -2.35. The summed E-state index contributed by atoms with van der Waals surface area (Å²) in [5.41, 5.74) is -1.04. The highest BCUT2D eigenvalue weighted by atomic mass is 35.5. The van der Waals surface area contributed by atoms with Gasteiger partial charge >= 0.3 is 6.18 Å². The lowest BCUT2D eigenvalue weighted by Crippen LogP contribution is -2.47. The number of piperazine rings is 1. The van der Waals surface area contributed by atoms with Crippen molar-refractivity contribution in [3.63, 3.8) is 0 Å². The highest BCUT2D eigenvalue weighted by Crippen LogP contribution is 2.36. The first-order valence-electron chi connectivity index (χ1n) is 12.1. The number of pyridine rings is 1. The maximum atomic E-state index is 13.1. The standard InChI is InChI=1S/C24H24Cl2F3N7O3S/c1-13(8-16(38)20-19(26)21(33-12-32-20)36-4-2-35(3-5-36)6-7-37)23-31-11-17(40-23)22(39)34-18-9-14(24(27,28)29)15(25)10-30-18/h9-13,37H,2-8H2,1H3,(H,30,34,39). The summed E-state index contributed by atoms with van der Waals surface area (Å²) in [6.07, 6.45) is -1.32. The van der Waals surface area contributed by atoms with Crippen LogP contribution in [0.3, 0.4) is 0 Å². The van der Waals surface area contributed by atoms with Crippen LogP contribution in [-0.4, -0.2) is 81.0 Å². The van der Waals surface area contributed by atoms with E-state index in [-0.39, 0.29) is 40.2 Å². The molecule has 0 bridgehead atoms. The number of Topliss-reactive ketones (excluding diaryl/α,β-unsaturated/α-hetero) is 1. The van der Waals surface area contributed by atoms with E-state index in [0.29, 0.717) is 36.5 Å². The molecule has 1 saturated heterocycles. The molecule has 0 spiro atoms. The second-order valence-electron chi connectivity index (χ2n) is 9.00. The lowest BCUT2D eigenvalue weighted by atomic mass is 10.0. The smallest absolute Gasteiger partial charge is 0.395 e. The normalized spacial score (nSPS) is 15.2. The number of anilines is 2. The van der Waals surface area contributed by atoms with Gasteiger partial charge in [0.15, 0.2) is 11.6 Å². The molecule has 16 heteroatoms. The Balaban J connectivity index is 1.40. The van der Waals surface area contributed by atoms with Crippen LogP contribution < -0.4 is 10.2 Å². The number of aliphatic hydroxyl groups is 1. The van der Waals surface area contributed by atoms with Crippen LogP contribution in [0, 0.1) is 0 Å². The van der Waals surface area contributed by atoms with E-state index in [9.17, 15) is 22.8 Å². The Hall–Kier alpha value is -2.91. The number of carbonyl (C=O) groups excluding carboxylic acids is 2. The molecule has 40 heavy (non-hydrogen) atoms. The van der Waals surface area contributed by atoms with Gasteiger partial charge in [0, 0.05) is 51.3 Å². The van der Waals surface area contributed by atoms with E-state index in [1.54, 1.807) is 6.92 Å². The molecule has 0 radical (unpaired) electrons. The number of nitrogens with one attached hydrogen (secondary N) is 1. The number of rotatable bonds is 9. The second kappa shape index (κ2) is 12.7. The lowest BCUT2D eigenvalue weighted by molar-refractivity contribution is -0.137. The molecule has 10 nitrogen and oxygen atoms in total. The number of aromatic nitrogens is 4. The average Bonchev–Trinajstić information content (AvgIpc) is 3.41. The summed E-state index contributed by atoms with van der Waals surface area (Å²) in [6.45, 7) is 5.13. The molecule has 0 saturated carbocycles. The summed E-state index contributed by atoms with van der Waals surface area (Å²) < 4.78 is 39.3. The molecule has 2 N–H and O–H groups in total. The molecule has 0 aliphatic carbocycles. The molecule has 214 valence electrons. The van der Waals surface area contributed by atoms with Gasteiger partial charge in [-0.1, -0.05) is 30.1 Å². The number of ketones is 1. The van der Waals surface area contributed by atoms with Gasteiger partial charge in [-0.05, 0) is 6.07 Å². The molecule has 1 aliphatic rings. The molecule has 1 atom stereocenters. The van der Waals surface area contributed by atoms with Crippen molar-refractivity contribution in [2.75, 3.05) is 49.5 Å². The highest BCUT2D eigenvalue weighted by Gasteiger charge is 2.34. The van der Waals surface area contributed by atoms with Crippen LogP contribution in [0.5, 0.6) is 0 Å². The SMILES string of the molecule is CC(CC(=O)c1ncnc(N2CCN(CCO)CC2)c1Cl)c1ncc(C(=O)Nc2cc(C(F)(F)F)c(Cl)cn2)s1. The zero-order valence-corrected chi connectivity index (χ0v) is 23.4. The van der Waals surface area contributed by atoms with Gasteiger partial charge in [0.25, 0.3) is 5.91 Å². The quantitative estimate of drug-likeness (QED) is 0.336. The summed E-state index contributed by atoms with van der Waals surface area (Å²) in [6, 6.07) is 0.651. The minimum Gasteiger partial charge on any atom is -0.395 e. The van der Waals surface area contributed by atoms with E-state index < -0.39 is 28.6 Å². The summed E-state index contributed by atoms with van der Waals surface area (Å²) in [5, 5.41) is 11.5. The zero-order valence-electron chi connectivity index (χ0n) is 21.1. The molecule has 3 aromatic rings. The molecular formula is C24H24Cl2F3N7O3S. The number of β-amino-alcohol motifs (C(OH)–C–C–N with tert-alkyl or cyclic N) is 1. The number of carbonyl (C=O) groups is 2. The van der Waals surface area contributed by atoms with Gasteiger partial charge in [0.05, 0.1) is 28.4 Å². The number of hydrogen-bond acceptors (Lipinski definition) is 10. The minimum atomic E-state index is -4.71. The van der Waals surface area contributed by atoms with Crippen molar-refractivity contribution >= 4 is 57.9 Å². The van der Waals surface area contributed by atoms with Crippen LogP contribution in [0.2, 0.25) is 10.0 Å². The Bertz CT molecular complexity index is 1380. The number of alkyl halides is 3. The van der Waals surface area contributed by atoms with Gasteiger partial charge in [0.1, 0.15) is 27.7 Å². The van der Waals surface area contributed by atoms with Crippen molar-refractivity contribution in [3.8, 4) is 0 Å². The van der Waals surface area contributed by atoms with Gasteiger partial charge in [-0.2, -0.15) is 13.2 Å². The van der Waals surface area contributed by atoms with Crippen molar-refractivity contribution in [1.29, 1.82) is 0 Å². The van der Waals surface area contributed by atoms with Crippen molar-refractivity contribution in [3.05, 3.63) is 56.0 Å². The average molecular weight is 618 g/mol. The van der Waals surface area contributed by atoms with E-state index in [4.69, 9.17) is 28.3 Å². The Morgan fingerprint density at radius 3 is 2.52 bits per heavy atom. The fourth-order valence-electron chi connectivity index (χ4n) is 4.08. The van der Waals surface area contributed by atoms with E-state index >= 15 is 0 Å². The van der Waals surface area contributed by atoms with Crippen molar-refractivity contribution in [1.82, 2.24) is 24.8 Å². The summed E-state index contributed by atoms with van der Waals surface area (Å²) >= 11 is 13.1. The predicted octanol–water partition coefficient (Wildman–Crippen LogP) is 4.40. The Labute approximate surface area is 241 Å². The number of aliphatic hydroxyl groups excluding tert-OH is 1.